The smallest absolute Gasteiger partial charge is 0.314 e. The van der Waals surface area contributed by atoms with Crippen molar-refractivity contribution in [2.24, 2.45) is 0 Å². The van der Waals surface area contributed by atoms with E-state index in [9.17, 15) is 19.6 Å². The third-order valence-electron chi connectivity index (χ3n) is 2.79. The van der Waals surface area contributed by atoms with Crippen LogP contribution in [0.3, 0.4) is 0 Å². The summed E-state index contributed by atoms with van der Waals surface area (Å²) in [6, 6.07) is 7.82. The number of aliphatic hydroxyl groups excluding tert-OH is 1. The number of aliphatic hydroxyl groups is 1. The fraction of sp³-hybridized carbons (Fsp3) is 0.143. The fourth-order valence-corrected chi connectivity index (χ4v) is 1.94. The van der Waals surface area contributed by atoms with Gasteiger partial charge in [-0.05, 0) is 30.7 Å². The molecule has 1 atom stereocenters. The summed E-state index contributed by atoms with van der Waals surface area (Å²) >= 11 is 5.98. The van der Waals surface area contributed by atoms with Gasteiger partial charge in [0.1, 0.15) is 5.75 Å². The molecule has 0 radical (unpaired) electrons. The van der Waals surface area contributed by atoms with Crippen molar-refractivity contribution in [3.8, 4) is 11.5 Å². The quantitative estimate of drug-likeness (QED) is 0.677. The summed E-state index contributed by atoms with van der Waals surface area (Å²) in [7, 11) is 0. The third-order valence-corrected chi connectivity index (χ3v) is 3.09. The first kappa shape index (κ1) is 15.2. The lowest BCUT2D eigenvalue weighted by Crippen LogP contribution is -1.97. The molecular weight excluding hydrogens is 301 g/mol. The standard InChI is InChI=1S/C14H11ClFNO4/c1-8(18)9-5-6-13(10(15)7-9)21-14-11(16)3-2-4-12(14)17(19)20/h2-8,18H,1H3/t8-/m1/s1. The van der Waals surface area contributed by atoms with Gasteiger partial charge in [0.15, 0.2) is 5.82 Å². The second-order valence-corrected chi connectivity index (χ2v) is 4.72. The van der Waals surface area contributed by atoms with E-state index in [1.807, 2.05) is 0 Å². The van der Waals surface area contributed by atoms with E-state index in [0.717, 1.165) is 12.1 Å². The second-order valence-electron chi connectivity index (χ2n) is 4.31. The van der Waals surface area contributed by atoms with Gasteiger partial charge in [-0.1, -0.05) is 23.7 Å². The van der Waals surface area contributed by atoms with Crippen LogP contribution in [0.15, 0.2) is 36.4 Å². The van der Waals surface area contributed by atoms with Crippen molar-refractivity contribution >= 4 is 17.3 Å². The van der Waals surface area contributed by atoms with Gasteiger partial charge in [-0.3, -0.25) is 10.1 Å². The van der Waals surface area contributed by atoms with Gasteiger partial charge in [0.2, 0.25) is 5.75 Å². The molecule has 0 saturated carbocycles. The van der Waals surface area contributed by atoms with E-state index < -0.39 is 28.3 Å². The van der Waals surface area contributed by atoms with Crippen molar-refractivity contribution in [2.75, 3.05) is 0 Å². The van der Waals surface area contributed by atoms with Crippen LogP contribution in [0.5, 0.6) is 11.5 Å². The Bertz CT molecular complexity index is 691. The molecule has 0 saturated heterocycles. The largest absolute Gasteiger partial charge is 0.446 e. The van der Waals surface area contributed by atoms with Crippen LogP contribution in [0.25, 0.3) is 0 Å². The maximum atomic E-state index is 13.7. The van der Waals surface area contributed by atoms with E-state index in [1.54, 1.807) is 13.0 Å². The highest BCUT2D eigenvalue weighted by Gasteiger charge is 2.21. The average Bonchev–Trinajstić information content (AvgIpc) is 2.42. The van der Waals surface area contributed by atoms with E-state index in [2.05, 4.69) is 0 Å². The maximum Gasteiger partial charge on any atom is 0.314 e. The number of benzene rings is 2. The van der Waals surface area contributed by atoms with Gasteiger partial charge in [-0.15, -0.1) is 0 Å². The molecule has 2 aromatic rings. The predicted molar refractivity (Wildman–Crippen MR) is 75.2 cm³/mol. The third kappa shape index (κ3) is 3.29. The molecule has 0 amide bonds. The number of rotatable bonds is 4. The second kappa shape index (κ2) is 6.07. The molecule has 0 unspecified atom stereocenters. The lowest BCUT2D eigenvalue weighted by molar-refractivity contribution is -0.385. The Morgan fingerprint density at radius 1 is 1.38 bits per heavy atom. The van der Waals surface area contributed by atoms with Crippen LogP contribution in [0.4, 0.5) is 10.1 Å². The molecule has 1 N–H and O–H groups in total. The Hall–Kier alpha value is -2.18. The zero-order valence-corrected chi connectivity index (χ0v) is 11.7. The molecule has 0 bridgehead atoms. The highest BCUT2D eigenvalue weighted by Crippen LogP contribution is 2.37. The Morgan fingerprint density at radius 3 is 2.67 bits per heavy atom. The van der Waals surface area contributed by atoms with E-state index in [1.165, 1.54) is 18.2 Å². The Balaban J connectivity index is 2.41. The van der Waals surface area contributed by atoms with Crippen molar-refractivity contribution in [1.82, 2.24) is 0 Å². The van der Waals surface area contributed by atoms with Crippen LogP contribution in [-0.2, 0) is 0 Å². The number of para-hydroxylation sites is 1. The van der Waals surface area contributed by atoms with Crippen molar-refractivity contribution in [3.63, 3.8) is 0 Å². The summed E-state index contributed by atoms with van der Waals surface area (Å²) in [5.74, 6) is -1.30. The van der Waals surface area contributed by atoms with E-state index >= 15 is 0 Å². The number of nitrogens with zero attached hydrogens (tertiary/aromatic N) is 1. The molecule has 21 heavy (non-hydrogen) atoms. The Kier molecular flexibility index (Phi) is 4.40. The summed E-state index contributed by atoms with van der Waals surface area (Å²) in [5.41, 5.74) is 0.0565. The number of hydrogen-bond acceptors (Lipinski definition) is 4. The zero-order valence-electron chi connectivity index (χ0n) is 10.9. The molecule has 0 aliphatic heterocycles. The molecular formula is C14H11ClFNO4. The van der Waals surface area contributed by atoms with Crippen molar-refractivity contribution < 1.29 is 19.2 Å². The van der Waals surface area contributed by atoms with Crippen LogP contribution in [0.2, 0.25) is 5.02 Å². The summed E-state index contributed by atoms with van der Waals surface area (Å²) < 4.78 is 19.0. The first-order valence-electron chi connectivity index (χ1n) is 5.98. The minimum Gasteiger partial charge on any atom is -0.446 e. The van der Waals surface area contributed by atoms with Crippen LogP contribution in [0.1, 0.15) is 18.6 Å². The van der Waals surface area contributed by atoms with Crippen LogP contribution in [-0.4, -0.2) is 10.0 Å². The van der Waals surface area contributed by atoms with Gasteiger partial charge in [0.25, 0.3) is 0 Å². The van der Waals surface area contributed by atoms with Crippen LogP contribution in [0, 0.1) is 15.9 Å². The molecule has 7 heteroatoms. The first-order valence-corrected chi connectivity index (χ1v) is 6.36. The molecule has 0 aliphatic rings. The molecule has 0 aromatic heterocycles. The number of nitro groups is 1. The van der Waals surface area contributed by atoms with Crippen LogP contribution < -0.4 is 4.74 Å². The van der Waals surface area contributed by atoms with Gasteiger partial charge in [0, 0.05) is 6.07 Å². The molecule has 0 aliphatic carbocycles. The van der Waals surface area contributed by atoms with Crippen molar-refractivity contribution in [3.05, 3.63) is 62.9 Å². The number of halogens is 2. The maximum absolute atomic E-state index is 13.7. The van der Waals surface area contributed by atoms with Gasteiger partial charge in [-0.25, -0.2) is 4.39 Å². The summed E-state index contributed by atoms with van der Waals surface area (Å²) in [5, 5.41) is 20.4. The van der Waals surface area contributed by atoms with Gasteiger partial charge < -0.3 is 9.84 Å². The van der Waals surface area contributed by atoms with Crippen LogP contribution >= 0.6 is 11.6 Å². The number of hydrogen-bond donors (Lipinski definition) is 1. The Labute approximate surface area is 124 Å². The SMILES string of the molecule is C[C@@H](O)c1ccc(Oc2c(F)cccc2[N+](=O)[O-])c(Cl)c1. The fourth-order valence-electron chi connectivity index (χ4n) is 1.71. The lowest BCUT2D eigenvalue weighted by Gasteiger charge is -2.11. The van der Waals surface area contributed by atoms with E-state index in [-0.39, 0.29) is 10.8 Å². The predicted octanol–water partition coefficient (Wildman–Crippen LogP) is 4.23. The molecule has 0 fully saturated rings. The van der Waals surface area contributed by atoms with Gasteiger partial charge in [-0.2, -0.15) is 0 Å². The highest BCUT2D eigenvalue weighted by atomic mass is 35.5. The molecule has 2 aromatic carbocycles. The van der Waals surface area contributed by atoms with E-state index in [4.69, 9.17) is 16.3 Å². The van der Waals surface area contributed by atoms with Gasteiger partial charge in [0.05, 0.1) is 16.0 Å². The topological polar surface area (TPSA) is 72.6 Å². The monoisotopic (exact) mass is 311 g/mol. The summed E-state index contributed by atoms with van der Waals surface area (Å²) in [6.07, 6.45) is -0.723. The number of nitro benzene ring substituents is 1. The molecule has 2 rings (SSSR count). The summed E-state index contributed by atoms with van der Waals surface area (Å²) in [6.45, 7) is 1.56. The number of ether oxygens (including phenoxy) is 1. The minimum absolute atomic E-state index is 0.0641. The summed E-state index contributed by atoms with van der Waals surface area (Å²) in [4.78, 5) is 10.1. The Morgan fingerprint density at radius 2 is 2.10 bits per heavy atom. The highest BCUT2D eigenvalue weighted by molar-refractivity contribution is 6.32. The van der Waals surface area contributed by atoms with Gasteiger partial charge >= 0.3 is 5.69 Å². The van der Waals surface area contributed by atoms with Crippen molar-refractivity contribution in [1.29, 1.82) is 0 Å². The lowest BCUT2D eigenvalue weighted by atomic mass is 10.1. The molecule has 5 nitrogen and oxygen atoms in total. The normalized spacial score (nSPS) is 12.0. The molecule has 0 heterocycles. The molecule has 110 valence electrons. The van der Waals surface area contributed by atoms with E-state index in [0.29, 0.717) is 5.56 Å². The molecule has 0 spiro atoms. The average molecular weight is 312 g/mol. The van der Waals surface area contributed by atoms with Crippen molar-refractivity contribution in [2.45, 2.75) is 13.0 Å². The first-order chi connectivity index (χ1) is 9.90. The zero-order chi connectivity index (χ0) is 15.6. The minimum atomic E-state index is -0.861.